The maximum atomic E-state index is 12.1. The Balaban J connectivity index is 1.72. The van der Waals surface area contributed by atoms with E-state index in [9.17, 15) is 29.3 Å². The molecule has 6 atom stereocenters. The minimum atomic E-state index is -4.69. The number of aliphatic hydroxyl groups is 2. The number of ether oxygens (including phenoxy) is 3. The Hall–Kier alpha value is -2.13. The third kappa shape index (κ3) is 14.4. The highest BCUT2D eigenvalue weighted by Crippen LogP contribution is 2.39. The molecule has 0 spiro atoms. The van der Waals surface area contributed by atoms with E-state index in [2.05, 4.69) is 10.6 Å². The van der Waals surface area contributed by atoms with Crippen molar-refractivity contribution >= 4 is 19.8 Å². The summed E-state index contributed by atoms with van der Waals surface area (Å²) in [4.78, 5) is 35.6. The molecule has 1 aromatic carbocycles. The van der Waals surface area contributed by atoms with Gasteiger partial charge in [-0.25, -0.2) is 4.79 Å². The quantitative estimate of drug-likeness (QED) is 0.103. The molecule has 14 nitrogen and oxygen atoms in total. The SMILES string of the molecule is CC(=O)N[C@H]1[C@H](OCCCCCCNC(=O)OCc2ccccc2)O[C@H](COP(=O)([O-])OCC[N+](C)(C)C)[C@H](O)[C@@H]1O. The van der Waals surface area contributed by atoms with Gasteiger partial charge < -0.3 is 53.5 Å². The molecule has 4 N–H and O–H groups in total. The zero-order valence-corrected chi connectivity index (χ0v) is 25.7. The predicted octanol–water partition coefficient (Wildman–Crippen LogP) is 0.649. The number of benzene rings is 1. The monoisotopic (exact) mass is 619 g/mol. The molecule has 1 aliphatic heterocycles. The topological polar surface area (TPSA) is 185 Å². The second-order valence-corrected chi connectivity index (χ2v) is 12.5. The zero-order chi connectivity index (χ0) is 31.2. The third-order valence-electron chi connectivity index (χ3n) is 6.31. The molecule has 0 bridgehead atoms. The van der Waals surface area contributed by atoms with Gasteiger partial charge in [0.25, 0.3) is 7.82 Å². The fraction of sp³-hybridized carbons (Fsp3) is 0.704. The summed E-state index contributed by atoms with van der Waals surface area (Å²) in [5, 5.41) is 26.4. The number of alkyl carbamates (subject to hydrolysis) is 1. The van der Waals surface area contributed by atoms with Crippen molar-refractivity contribution < 1.29 is 57.0 Å². The van der Waals surface area contributed by atoms with Crippen LogP contribution in [0.1, 0.15) is 38.2 Å². The molecule has 0 saturated carbocycles. The molecule has 2 rings (SSSR count). The van der Waals surface area contributed by atoms with Crippen molar-refractivity contribution in [3.05, 3.63) is 35.9 Å². The van der Waals surface area contributed by atoms with Gasteiger partial charge in [-0.15, -0.1) is 0 Å². The molecular formula is C27H46N3O11P. The summed E-state index contributed by atoms with van der Waals surface area (Å²) in [5.41, 5.74) is 0.904. The molecule has 15 heteroatoms. The summed E-state index contributed by atoms with van der Waals surface area (Å²) in [7, 11) is 0.944. The molecular weight excluding hydrogens is 573 g/mol. The Morgan fingerprint density at radius 3 is 2.38 bits per heavy atom. The van der Waals surface area contributed by atoms with Crippen molar-refractivity contribution in [1.82, 2.24) is 10.6 Å². The summed E-state index contributed by atoms with van der Waals surface area (Å²) in [6, 6.07) is 8.30. The number of hydrogen-bond acceptors (Lipinski definition) is 11. The summed E-state index contributed by atoms with van der Waals surface area (Å²) in [6.45, 7) is 1.83. The van der Waals surface area contributed by atoms with E-state index in [1.54, 1.807) is 0 Å². The number of phosphoric acid groups is 1. The summed E-state index contributed by atoms with van der Waals surface area (Å²) in [6.07, 6.45) is -3.05. The number of phosphoric ester groups is 1. The third-order valence-corrected chi connectivity index (χ3v) is 7.28. The summed E-state index contributed by atoms with van der Waals surface area (Å²) >= 11 is 0. The first-order valence-electron chi connectivity index (χ1n) is 14.0. The van der Waals surface area contributed by atoms with E-state index in [1.165, 1.54) is 6.92 Å². The number of nitrogens with zero attached hydrogens (tertiary/aromatic N) is 1. The molecule has 1 unspecified atom stereocenters. The maximum Gasteiger partial charge on any atom is 0.407 e. The number of hydrogen-bond donors (Lipinski definition) is 4. The lowest BCUT2D eigenvalue weighted by molar-refractivity contribution is -0.870. The van der Waals surface area contributed by atoms with Gasteiger partial charge in [0.15, 0.2) is 6.29 Å². The van der Waals surface area contributed by atoms with Crippen LogP contribution in [0, 0.1) is 0 Å². The summed E-state index contributed by atoms with van der Waals surface area (Å²) in [5.74, 6) is -0.470. The Morgan fingerprint density at radius 2 is 1.71 bits per heavy atom. The second kappa shape index (κ2) is 17.9. The molecule has 0 aliphatic carbocycles. The van der Waals surface area contributed by atoms with Crippen LogP contribution in [0.3, 0.4) is 0 Å². The van der Waals surface area contributed by atoms with Crippen LogP contribution in [0.5, 0.6) is 0 Å². The van der Waals surface area contributed by atoms with Gasteiger partial charge in [0, 0.05) is 20.1 Å². The fourth-order valence-corrected chi connectivity index (χ4v) is 4.68. The van der Waals surface area contributed by atoms with E-state index in [0.29, 0.717) is 24.0 Å². The van der Waals surface area contributed by atoms with Crippen LogP contribution in [-0.4, -0.2) is 111 Å². The highest BCUT2D eigenvalue weighted by atomic mass is 31.2. The summed E-state index contributed by atoms with van der Waals surface area (Å²) < 4.78 is 39.0. The zero-order valence-electron chi connectivity index (χ0n) is 24.8. The number of likely N-dealkylation sites (N-methyl/N-ethyl adjacent to an activating group) is 1. The number of nitrogens with one attached hydrogen (secondary N) is 2. The minimum absolute atomic E-state index is 0.0915. The van der Waals surface area contributed by atoms with E-state index in [-0.39, 0.29) is 19.8 Å². The first-order valence-corrected chi connectivity index (χ1v) is 15.5. The predicted molar refractivity (Wildman–Crippen MR) is 150 cm³/mol. The largest absolute Gasteiger partial charge is 0.756 e. The van der Waals surface area contributed by atoms with Crippen LogP contribution >= 0.6 is 7.82 Å². The average Bonchev–Trinajstić information content (AvgIpc) is 2.91. The molecule has 1 fully saturated rings. The van der Waals surface area contributed by atoms with Gasteiger partial charge in [0.05, 0.1) is 27.7 Å². The van der Waals surface area contributed by atoms with Crippen molar-refractivity contribution in [2.24, 2.45) is 0 Å². The highest BCUT2D eigenvalue weighted by Gasteiger charge is 2.46. The van der Waals surface area contributed by atoms with E-state index in [1.807, 2.05) is 51.5 Å². The van der Waals surface area contributed by atoms with Crippen LogP contribution < -0.4 is 15.5 Å². The Bertz CT molecular complexity index is 995. The number of carbonyl (C=O) groups excluding carboxylic acids is 2. The van der Waals surface area contributed by atoms with Gasteiger partial charge in [-0.3, -0.25) is 9.36 Å². The van der Waals surface area contributed by atoms with E-state index in [4.69, 9.17) is 23.3 Å². The van der Waals surface area contributed by atoms with E-state index < -0.39 is 57.1 Å². The lowest BCUT2D eigenvalue weighted by atomic mass is 9.97. The number of unbranched alkanes of at least 4 members (excludes halogenated alkanes) is 3. The molecule has 0 radical (unpaired) electrons. The first-order chi connectivity index (χ1) is 19.8. The molecule has 1 heterocycles. The molecule has 240 valence electrons. The van der Waals surface area contributed by atoms with Crippen LogP contribution in [-0.2, 0) is 39.2 Å². The Labute approximate surface area is 247 Å². The van der Waals surface area contributed by atoms with Crippen molar-refractivity contribution in [3.8, 4) is 0 Å². The van der Waals surface area contributed by atoms with Crippen LogP contribution in [0.2, 0.25) is 0 Å². The second-order valence-electron chi connectivity index (χ2n) is 11.1. The van der Waals surface area contributed by atoms with Gasteiger partial charge in [0.1, 0.15) is 44.1 Å². The van der Waals surface area contributed by atoms with Gasteiger partial charge in [-0.1, -0.05) is 43.2 Å². The van der Waals surface area contributed by atoms with Crippen LogP contribution in [0.25, 0.3) is 0 Å². The van der Waals surface area contributed by atoms with Crippen molar-refractivity contribution in [2.75, 3.05) is 54.1 Å². The molecule has 1 aliphatic rings. The molecule has 2 amide bonds. The van der Waals surface area contributed by atoms with E-state index in [0.717, 1.165) is 24.8 Å². The Morgan fingerprint density at radius 1 is 1.02 bits per heavy atom. The molecule has 42 heavy (non-hydrogen) atoms. The molecule has 1 aromatic rings. The number of quaternary nitrogens is 1. The normalized spacial score (nSPS) is 24.0. The van der Waals surface area contributed by atoms with Gasteiger partial charge >= 0.3 is 6.09 Å². The van der Waals surface area contributed by atoms with E-state index >= 15 is 0 Å². The lowest BCUT2D eigenvalue weighted by Crippen LogP contribution is -2.64. The number of carbonyl (C=O) groups is 2. The fourth-order valence-electron chi connectivity index (χ4n) is 3.97. The Kier molecular flexibility index (Phi) is 15.3. The number of amides is 2. The lowest BCUT2D eigenvalue weighted by Gasteiger charge is -2.43. The maximum absolute atomic E-state index is 12.1. The van der Waals surface area contributed by atoms with Crippen LogP contribution in [0.15, 0.2) is 30.3 Å². The average molecular weight is 620 g/mol. The molecule has 1 saturated heterocycles. The van der Waals surface area contributed by atoms with Crippen molar-refractivity contribution in [3.63, 3.8) is 0 Å². The standard InChI is InChI=1S/C27H46N3O11P/c1-20(31)29-23-25(33)24(32)22(19-40-42(35,36)39-17-15-30(2,3)4)41-26(23)37-16-11-6-5-10-14-28-27(34)38-18-21-12-8-7-9-13-21/h7-9,12-13,22-26,32-33H,5-6,10-11,14-19H2,1-4H3,(H2-,28,29,31,34,35,36)/t22-,23-,24+,25-,26-/m1/s1. The van der Waals surface area contributed by atoms with Gasteiger partial charge in [-0.2, -0.15) is 0 Å². The highest BCUT2D eigenvalue weighted by molar-refractivity contribution is 7.45. The smallest absolute Gasteiger partial charge is 0.407 e. The van der Waals surface area contributed by atoms with Crippen LogP contribution in [0.4, 0.5) is 4.79 Å². The van der Waals surface area contributed by atoms with Crippen molar-refractivity contribution in [1.29, 1.82) is 0 Å². The number of aliphatic hydroxyl groups excluding tert-OH is 2. The number of rotatable bonds is 18. The molecule has 0 aromatic heterocycles. The van der Waals surface area contributed by atoms with Gasteiger partial charge in [0.2, 0.25) is 5.91 Å². The van der Waals surface area contributed by atoms with Crippen molar-refractivity contribution in [2.45, 2.75) is 69.9 Å². The minimum Gasteiger partial charge on any atom is -0.756 e. The van der Waals surface area contributed by atoms with Gasteiger partial charge in [-0.05, 0) is 18.4 Å². The first kappa shape index (κ1) is 36.1.